The van der Waals surface area contributed by atoms with Crippen molar-refractivity contribution in [2.75, 3.05) is 20.6 Å². The van der Waals surface area contributed by atoms with Gasteiger partial charge in [-0.2, -0.15) is 0 Å². The van der Waals surface area contributed by atoms with Gasteiger partial charge in [-0.05, 0) is 38.4 Å². The third-order valence-corrected chi connectivity index (χ3v) is 4.00. The molecule has 2 heterocycles. The van der Waals surface area contributed by atoms with Crippen molar-refractivity contribution in [3.05, 3.63) is 54.4 Å². The second-order valence-corrected chi connectivity index (χ2v) is 5.86. The topological polar surface area (TPSA) is 33.4 Å². The molecule has 22 heavy (non-hydrogen) atoms. The molecule has 0 aliphatic heterocycles. The van der Waals surface area contributed by atoms with Crippen molar-refractivity contribution in [3.8, 4) is 0 Å². The molecular formula is C18H18N4. The maximum Gasteiger partial charge on any atom is 0.148 e. The van der Waals surface area contributed by atoms with Crippen LogP contribution in [0.3, 0.4) is 0 Å². The number of hydrogen-bond donors (Lipinski definition) is 0. The molecule has 0 aliphatic carbocycles. The summed E-state index contributed by atoms with van der Waals surface area (Å²) in [5, 5.41) is 1.10. The van der Waals surface area contributed by atoms with Crippen molar-refractivity contribution >= 4 is 27.6 Å². The summed E-state index contributed by atoms with van der Waals surface area (Å²) >= 11 is 0. The zero-order valence-electron chi connectivity index (χ0n) is 12.8. The zero-order chi connectivity index (χ0) is 15.1. The summed E-state index contributed by atoms with van der Waals surface area (Å²) in [5.74, 6) is 1.07. The second kappa shape index (κ2) is 5.07. The average molecular weight is 290 g/mol. The molecule has 110 valence electrons. The molecule has 0 saturated carbocycles. The van der Waals surface area contributed by atoms with E-state index in [2.05, 4.69) is 53.7 Å². The van der Waals surface area contributed by atoms with Crippen molar-refractivity contribution in [1.29, 1.82) is 0 Å². The lowest BCUT2D eigenvalue weighted by Crippen LogP contribution is -2.17. The van der Waals surface area contributed by atoms with Crippen molar-refractivity contribution in [2.24, 2.45) is 0 Å². The van der Waals surface area contributed by atoms with Crippen LogP contribution in [0.25, 0.3) is 27.6 Å². The summed E-state index contributed by atoms with van der Waals surface area (Å²) in [7, 11) is 4.18. The fourth-order valence-corrected chi connectivity index (χ4v) is 2.91. The Hall–Kier alpha value is -2.46. The van der Waals surface area contributed by atoms with Gasteiger partial charge in [0.15, 0.2) is 0 Å². The molecule has 0 spiro atoms. The average Bonchev–Trinajstić information content (AvgIpc) is 2.92. The van der Waals surface area contributed by atoms with E-state index in [1.54, 1.807) is 0 Å². The van der Waals surface area contributed by atoms with E-state index in [-0.39, 0.29) is 0 Å². The van der Waals surface area contributed by atoms with Gasteiger partial charge < -0.3 is 4.90 Å². The molecule has 4 aromatic rings. The smallest absolute Gasteiger partial charge is 0.148 e. The van der Waals surface area contributed by atoms with E-state index >= 15 is 0 Å². The largest absolute Gasteiger partial charge is 0.309 e. The molecule has 2 aromatic carbocycles. The summed E-state index contributed by atoms with van der Waals surface area (Å²) in [6.07, 6.45) is 0.898. The summed E-state index contributed by atoms with van der Waals surface area (Å²) in [5.41, 5.74) is 4.16. The van der Waals surface area contributed by atoms with Crippen LogP contribution in [0.1, 0.15) is 5.82 Å². The van der Waals surface area contributed by atoms with E-state index in [9.17, 15) is 0 Å². The van der Waals surface area contributed by atoms with E-state index in [0.717, 1.165) is 46.4 Å². The number of para-hydroxylation sites is 3. The van der Waals surface area contributed by atoms with Crippen LogP contribution in [0.2, 0.25) is 0 Å². The summed E-state index contributed by atoms with van der Waals surface area (Å²) in [4.78, 5) is 11.9. The highest BCUT2D eigenvalue weighted by Crippen LogP contribution is 2.24. The van der Waals surface area contributed by atoms with Gasteiger partial charge in [-0.3, -0.25) is 4.40 Å². The van der Waals surface area contributed by atoms with Gasteiger partial charge in [-0.25, -0.2) is 9.97 Å². The van der Waals surface area contributed by atoms with Crippen molar-refractivity contribution in [1.82, 2.24) is 19.3 Å². The van der Waals surface area contributed by atoms with Gasteiger partial charge in [0.1, 0.15) is 11.5 Å². The van der Waals surface area contributed by atoms with Crippen LogP contribution < -0.4 is 0 Å². The fourth-order valence-electron chi connectivity index (χ4n) is 2.91. The van der Waals surface area contributed by atoms with Crippen LogP contribution in [-0.2, 0) is 6.42 Å². The molecule has 4 heteroatoms. The number of aromatic nitrogens is 3. The summed E-state index contributed by atoms with van der Waals surface area (Å²) < 4.78 is 2.21. The molecular weight excluding hydrogens is 272 g/mol. The first-order valence-corrected chi connectivity index (χ1v) is 7.53. The summed E-state index contributed by atoms with van der Waals surface area (Å²) in [6.45, 7) is 0.965. The molecule has 0 N–H and O–H groups in total. The standard InChI is InChI=1S/C18H18N4/c1-21(2)12-11-17-19-14-8-4-3-7-13(14)18-20-15-9-5-6-10-16(15)22(17)18/h3-10H,11-12H2,1-2H3. The van der Waals surface area contributed by atoms with Gasteiger partial charge in [0.2, 0.25) is 0 Å². The quantitative estimate of drug-likeness (QED) is 0.581. The Kier molecular flexibility index (Phi) is 3.05. The van der Waals surface area contributed by atoms with Crippen molar-refractivity contribution in [2.45, 2.75) is 6.42 Å². The maximum atomic E-state index is 4.89. The van der Waals surface area contributed by atoms with Crippen LogP contribution >= 0.6 is 0 Å². The summed E-state index contributed by atoms with van der Waals surface area (Å²) in [6, 6.07) is 16.5. The number of benzene rings is 2. The Labute approximate surface area is 129 Å². The Morgan fingerprint density at radius 3 is 2.45 bits per heavy atom. The first-order chi connectivity index (χ1) is 10.7. The van der Waals surface area contributed by atoms with Gasteiger partial charge in [0.05, 0.1) is 16.6 Å². The molecule has 2 aromatic heterocycles. The zero-order valence-corrected chi connectivity index (χ0v) is 12.8. The van der Waals surface area contributed by atoms with E-state index in [4.69, 9.17) is 9.97 Å². The third-order valence-electron chi connectivity index (χ3n) is 4.00. The monoisotopic (exact) mass is 290 g/mol. The van der Waals surface area contributed by atoms with E-state index in [1.165, 1.54) is 0 Å². The molecule has 0 fully saturated rings. The molecule has 4 nitrogen and oxygen atoms in total. The first kappa shape index (κ1) is 13.2. The number of hydrogen-bond acceptors (Lipinski definition) is 3. The molecule has 0 aliphatic rings. The number of imidazole rings is 1. The Balaban J connectivity index is 2.09. The fraction of sp³-hybridized carbons (Fsp3) is 0.222. The minimum Gasteiger partial charge on any atom is -0.309 e. The van der Waals surface area contributed by atoms with Crippen LogP contribution in [-0.4, -0.2) is 39.9 Å². The minimum absolute atomic E-state index is 0.898. The van der Waals surface area contributed by atoms with Gasteiger partial charge in [-0.1, -0.05) is 24.3 Å². The molecule has 0 atom stereocenters. The van der Waals surface area contributed by atoms with E-state index in [0.29, 0.717) is 0 Å². The predicted molar refractivity (Wildman–Crippen MR) is 90.3 cm³/mol. The second-order valence-electron chi connectivity index (χ2n) is 5.86. The van der Waals surface area contributed by atoms with Crippen LogP contribution in [0, 0.1) is 0 Å². The Morgan fingerprint density at radius 1 is 0.909 bits per heavy atom. The Morgan fingerprint density at radius 2 is 1.64 bits per heavy atom. The van der Waals surface area contributed by atoms with Crippen molar-refractivity contribution < 1.29 is 0 Å². The predicted octanol–water partition coefficient (Wildman–Crippen LogP) is 3.14. The number of rotatable bonds is 3. The minimum atomic E-state index is 0.898. The Bertz CT molecular complexity index is 969. The third kappa shape index (κ3) is 2.04. The van der Waals surface area contributed by atoms with Crippen LogP contribution in [0.5, 0.6) is 0 Å². The SMILES string of the molecule is CN(C)CCc1nc2ccccc2c2nc3ccccc3n12. The number of nitrogens with zero attached hydrogens (tertiary/aromatic N) is 4. The van der Waals surface area contributed by atoms with E-state index < -0.39 is 0 Å². The highest BCUT2D eigenvalue weighted by atomic mass is 15.1. The molecule has 0 bridgehead atoms. The number of likely N-dealkylation sites (N-methyl/N-ethyl adjacent to an activating group) is 1. The first-order valence-electron chi connectivity index (χ1n) is 7.53. The molecule has 0 amide bonds. The van der Waals surface area contributed by atoms with Gasteiger partial charge in [0.25, 0.3) is 0 Å². The van der Waals surface area contributed by atoms with Gasteiger partial charge in [-0.15, -0.1) is 0 Å². The lowest BCUT2D eigenvalue weighted by atomic mass is 10.2. The highest BCUT2D eigenvalue weighted by molar-refractivity contribution is 5.96. The molecule has 0 radical (unpaired) electrons. The van der Waals surface area contributed by atoms with Crippen molar-refractivity contribution in [3.63, 3.8) is 0 Å². The van der Waals surface area contributed by atoms with Gasteiger partial charge in [0, 0.05) is 18.4 Å². The molecule has 4 rings (SSSR count). The lowest BCUT2D eigenvalue weighted by molar-refractivity contribution is 0.409. The normalized spacial score (nSPS) is 12.0. The van der Waals surface area contributed by atoms with Gasteiger partial charge >= 0.3 is 0 Å². The molecule has 0 saturated heterocycles. The van der Waals surface area contributed by atoms with Crippen LogP contribution in [0.15, 0.2) is 48.5 Å². The van der Waals surface area contributed by atoms with E-state index in [1.807, 2.05) is 18.2 Å². The van der Waals surface area contributed by atoms with Crippen LogP contribution in [0.4, 0.5) is 0 Å². The number of fused-ring (bicyclic) bond motifs is 5. The molecule has 0 unspecified atom stereocenters. The lowest BCUT2D eigenvalue weighted by Gasteiger charge is -2.12. The maximum absolute atomic E-state index is 4.89. The highest BCUT2D eigenvalue weighted by Gasteiger charge is 2.13.